The van der Waals surface area contributed by atoms with E-state index in [1.54, 1.807) is 10.7 Å². The third-order valence-corrected chi connectivity index (χ3v) is 4.87. The molecule has 0 spiro atoms. The molecule has 0 bridgehead atoms. The summed E-state index contributed by atoms with van der Waals surface area (Å²) in [6.45, 7) is 7.61. The van der Waals surface area contributed by atoms with Crippen molar-refractivity contribution in [2.24, 2.45) is 0 Å². The average Bonchev–Trinajstić information content (AvgIpc) is 3.03. The van der Waals surface area contributed by atoms with Gasteiger partial charge in [0.1, 0.15) is 11.8 Å². The summed E-state index contributed by atoms with van der Waals surface area (Å²) in [5.74, 6) is 0. The highest BCUT2D eigenvalue weighted by atomic mass is 15.3. The Morgan fingerprint density at radius 1 is 1.32 bits per heavy atom. The van der Waals surface area contributed by atoms with Crippen molar-refractivity contribution in [3.8, 4) is 6.07 Å². The van der Waals surface area contributed by atoms with Gasteiger partial charge in [0.25, 0.3) is 0 Å². The highest BCUT2D eigenvalue weighted by Crippen LogP contribution is 2.27. The molecule has 2 fully saturated rings. The third kappa shape index (κ3) is 2.05. The fraction of sp³-hybridized carbons (Fsp3) is 0.500. The largest absolute Gasteiger partial charge is 0.367 e. The van der Waals surface area contributed by atoms with E-state index in [2.05, 4.69) is 39.3 Å². The van der Waals surface area contributed by atoms with Gasteiger partial charge in [0.2, 0.25) is 0 Å². The zero-order valence-electron chi connectivity index (χ0n) is 12.7. The van der Waals surface area contributed by atoms with Gasteiger partial charge in [-0.25, -0.2) is 4.52 Å². The SMILES string of the molecule is C[C@@H]1CN(c2ccc(C#N)n3nccc23)C[C@@H]2CNCCN21. The molecule has 0 aliphatic carbocycles. The molecule has 0 unspecified atom stereocenters. The molecule has 114 valence electrons. The van der Waals surface area contributed by atoms with Gasteiger partial charge in [-0.05, 0) is 25.1 Å². The summed E-state index contributed by atoms with van der Waals surface area (Å²) in [6, 6.07) is 9.22. The van der Waals surface area contributed by atoms with Crippen LogP contribution in [0.15, 0.2) is 24.4 Å². The van der Waals surface area contributed by atoms with Crippen LogP contribution >= 0.6 is 0 Å². The molecule has 1 N–H and O–H groups in total. The summed E-state index contributed by atoms with van der Waals surface area (Å²) in [5, 5.41) is 17.0. The second-order valence-corrected chi connectivity index (χ2v) is 6.19. The molecule has 4 heterocycles. The van der Waals surface area contributed by atoms with Crippen LogP contribution in [0.4, 0.5) is 5.69 Å². The predicted octanol–water partition coefficient (Wildman–Crippen LogP) is 0.688. The lowest BCUT2D eigenvalue weighted by Crippen LogP contribution is -2.64. The minimum absolute atomic E-state index is 0.541. The summed E-state index contributed by atoms with van der Waals surface area (Å²) in [6.07, 6.45) is 1.77. The number of aromatic nitrogens is 2. The number of nitrogens with one attached hydrogen (secondary N) is 1. The minimum atomic E-state index is 0.541. The van der Waals surface area contributed by atoms with Crippen molar-refractivity contribution < 1.29 is 0 Å². The van der Waals surface area contributed by atoms with Crippen molar-refractivity contribution in [2.45, 2.75) is 19.0 Å². The minimum Gasteiger partial charge on any atom is -0.367 e. The van der Waals surface area contributed by atoms with Gasteiger partial charge < -0.3 is 10.2 Å². The van der Waals surface area contributed by atoms with E-state index in [1.807, 2.05) is 12.1 Å². The average molecular weight is 296 g/mol. The lowest BCUT2D eigenvalue weighted by atomic mass is 10.0. The quantitative estimate of drug-likeness (QED) is 0.839. The lowest BCUT2D eigenvalue weighted by Gasteiger charge is -2.49. The van der Waals surface area contributed by atoms with Gasteiger partial charge in [0.05, 0.1) is 17.4 Å². The highest BCUT2D eigenvalue weighted by Gasteiger charge is 2.34. The number of anilines is 1. The van der Waals surface area contributed by atoms with Gasteiger partial charge in [-0.3, -0.25) is 4.90 Å². The molecule has 0 saturated carbocycles. The monoisotopic (exact) mass is 296 g/mol. The maximum Gasteiger partial charge on any atom is 0.142 e. The van der Waals surface area contributed by atoms with Crippen LogP contribution in [0.25, 0.3) is 5.52 Å². The van der Waals surface area contributed by atoms with Crippen LogP contribution < -0.4 is 10.2 Å². The Morgan fingerprint density at radius 3 is 3.09 bits per heavy atom. The topological polar surface area (TPSA) is 59.6 Å². The normalized spacial score (nSPS) is 25.9. The number of pyridine rings is 1. The van der Waals surface area contributed by atoms with Crippen molar-refractivity contribution in [1.29, 1.82) is 5.26 Å². The first kappa shape index (κ1) is 13.6. The lowest BCUT2D eigenvalue weighted by molar-refractivity contribution is 0.0971. The zero-order valence-corrected chi connectivity index (χ0v) is 12.7. The molecule has 0 radical (unpaired) electrons. The van der Waals surface area contributed by atoms with Crippen LogP contribution in [0.2, 0.25) is 0 Å². The summed E-state index contributed by atoms with van der Waals surface area (Å²) < 4.78 is 1.74. The second-order valence-electron chi connectivity index (χ2n) is 6.19. The smallest absolute Gasteiger partial charge is 0.142 e. The molecule has 4 rings (SSSR count). The fourth-order valence-electron chi connectivity index (χ4n) is 3.83. The standard InChI is InChI=1S/C16H20N6/c1-12-10-20(11-14-9-18-6-7-21(12)14)15-3-2-13(8-17)22-16(15)4-5-19-22/h2-5,12,14,18H,6-7,9-11H2,1H3/t12-,14+/m1/s1. The third-order valence-electron chi connectivity index (χ3n) is 4.87. The van der Waals surface area contributed by atoms with Crippen LogP contribution in [0, 0.1) is 11.3 Å². The molecule has 22 heavy (non-hydrogen) atoms. The highest BCUT2D eigenvalue weighted by molar-refractivity contribution is 5.74. The maximum absolute atomic E-state index is 9.21. The molecule has 2 aliphatic heterocycles. The summed E-state index contributed by atoms with van der Waals surface area (Å²) >= 11 is 0. The Labute approximate surface area is 129 Å². The summed E-state index contributed by atoms with van der Waals surface area (Å²) in [5.41, 5.74) is 2.77. The molecule has 6 heteroatoms. The molecule has 0 amide bonds. The van der Waals surface area contributed by atoms with E-state index in [0.717, 1.165) is 38.2 Å². The van der Waals surface area contributed by atoms with E-state index in [0.29, 0.717) is 17.8 Å². The predicted molar refractivity (Wildman–Crippen MR) is 84.9 cm³/mol. The number of fused-ring (bicyclic) bond motifs is 2. The Bertz CT molecular complexity index is 730. The van der Waals surface area contributed by atoms with Gasteiger partial charge in [-0.15, -0.1) is 0 Å². The molecular formula is C16H20N6. The van der Waals surface area contributed by atoms with Crippen LogP contribution in [-0.2, 0) is 0 Å². The van der Waals surface area contributed by atoms with E-state index < -0.39 is 0 Å². The zero-order chi connectivity index (χ0) is 15.1. The van der Waals surface area contributed by atoms with Crippen molar-refractivity contribution in [3.05, 3.63) is 30.1 Å². The molecule has 6 nitrogen and oxygen atoms in total. The fourth-order valence-corrected chi connectivity index (χ4v) is 3.83. The van der Waals surface area contributed by atoms with Gasteiger partial charge in [-0.2, -0.15) is 10.4 Å². The number of hydrogen-bond donors (Lipinski definition) is 1. The first-order chi connectivity index (χ1) is 10.8. The maximum atomic E-state index is 9.21. The van der Waals surface area contributed by atoms with Crippen LogP contribution in [0.5, 0.6) is 0 Å². The number of piperazine rings is 2. The Morgan fingerprint density at radius 2 is 2.23 bits per heavy atom. The number of hydrogen-bond acceptors (Lipinski definition) is 5. The van der Waals surface area contributed by atoms with E-state index in [4.69, 9.17) is 0 Å². The van der Waals surface area contributed by atoms with Crippen molar-refractivity contribution >= 4 is 11.2 Å². The van der Waals surface area contributed by atoms with Gasteiger partial charge >= 0.3 is 0 Å². The first-order valence-electron chi connectivity index (χ1n) is 7.86. The van der Waals surface area contributed by atoms with Crippen LogP contribution in [-0.4, -0.2) is 59.3 Å². The summed E-state index contributed by atoms with van der Waals surface area (Å²) in [4.78, 5) is 5.06. The molecule has 2 aromatic rings. The van der Waals surface area contributed by atoms with Crippen molar-refractivity contribution in [1.82, 2.24) is 19.8 Å². The molecule has 2 aromatic heterocycles. The summed E-state index contributed by atoms with van der Waals surface area (Å²) in [7, 11) is 0. The van der Waals surface area contributed by atoms with Gasteiger partial charge in [-0.1, -0.05) is 0 Å². The van der Waals surface area contributed by atoms with Crippen molar-refractivity contribution in [2.75, 3.05) is 37.6 Å². The molecule has 2 aliphatic rings. The molecule has 2 atom stereocenters. The van der Waals surface area contributed by atoms with E-state index in [-0.39, 0.29) is 0 Å². The van der Waals surface area contributed by atoms with Crippen molar-refractivity contribution in [3.63, 3.8) is 0 Å². The molecule has 0 aromatic carbocycles. The number of rotatable bonds is 1. The Kier molecular flexibility index (Phi) is 3.25. The first-order valence-corrected chi connectivity index (χ1v) is 7.86. The number of nitriles is 1. The van der Waals surface area contributed by atoms with E-state index in [1.165, 1.54) is 5.69 Å². The van der Waals surface area contributed by atoms with E-state index >= 15 is 0 Å². The van der Waals surface area contributed by atoms with E-state index in [9.17, 15) is 5.26 Å². The number of nitrogens with zero attached hydrogens (tertiary/aromatic N) is 5. The van der Waals surface area contributed by atoms with Gasteiger partial charge in [0.15, 0.2) is 0 Å². The Hall–Kier alpha value is -2.10. The molecular weight excluding hydrogens is 276 g/mol. The molecule has 2 saturated heterocycles. The Balaban J connectivity index is 1.70. The van der Waals surface area contributed by atoms with Crippen LogP contribution in [0.1, 0.15) is 12.6 Å². The second kappa shape index (κ2) is 5.27. The van der Waals surface area contributed by atoms with Gasteiger partial charge in [0, 0.05) is 44.8 Å². The van der Waals surface area contributed by atoms with Crippen LogP contribution in [0.3, 0.4) is 0 Å².